The molecule has 224 valence electrons. The summed E-state index contributed by atoms with van der Waals surface area (Å²) in [5.74, 6) is -1.68. The van der Waals surface area contributed by atoms with Crippen molar-refractivity contribution in [3.8, 4) is 16.9 Å². The van der Waals surface area contributed by atoms with Crippen LogP contribution < -0.4 is 15.3 Å². The molecule has 1 fully saturated rings. The summed E-state index contributed by atoms with van der Waals surface area (Å²) in [6.45, 7) is 4.69. The SMILES string of the molecule is C=CC(=O)N1CCN(c2nc(=O)n3c4c(c(-c5ccc(F)cc5F)c(Cl)cc24)OCC3CN(C)CC(F)(F)F)[C@@H](C)C1. The topological polar surface area (TPSA) is 70.9 Å². The number of alkyl halides is 3. The summed E-state index contributed by atoms with van der Waals surface area (Å²) in [5.41, 5.74) is -0.560. The number of carbonyl (C=O) groups excluding carboxylic acids is 1. The van der Waals surface area contributed by atoms with E-state index in [4.69, 9.17) is 16.3 Å². The minimum atomic E-state index is -4.46. The van der Waals surface area contributed by atoms with E-state index in [1.807, 2.05) is 11.8 Å². The number of halogens is 6. The number of piperazine rings is 1. The predicted octanol–water partition coefficient (Wildman–Crippen LogP) is 4.65. The normalized spacial score (nSPS) is 18.9. The molecule has 1 aromatic heterocycles. The van der Waals surface area contributed by atoms with E-state index >= 15 is 0 Å². The van der Waals surface area contributed by atoms with Crippen molar-refractivity contribution < 1.29 is 31.5 Å². The van der Waals surface area contributed by atoms with Crippen LogP contribution in [0.25, 0.3) is 22.0 Å². The zero-order chi connectivity index (χ0) is 30.5. The number of anilines is 1. The van der Waals surface area contributed by atoms with Gasteiger partial charge in [-0.25, -0.2) is 13.6 Å². The quantitative estimate of drug-likeness (QED) is 0.299. The second kappa shape index (κ2) is 11.2. The molecule has 14 heteroatoms. The van der Waals surface area contributed by atoms with Gasteiger partial charge in [0.25, 0.3) is 0 Å². The molecule has 0 N–H and O–H groups in total. The van der Waals surface area contributed by atoms with Crippen LogP contribution in [0.3, 0.4) is 0 Å². The zero-order valence-corrected chi connectivity index (χ0v) is 23.5. The van der Waals surface area contributed by atoms with Gasteiger partial charge >= 0.3 is 11.9 Å². The van der Waals surface area contributed by atoms with Crippen LogP contribution in [0.2, 0.25) is 5.02 Å². The zero-order valence-electron chi connectivity index (χ0n) is 22.7. The van der Waals surface area contributed by atoms with Crippen LogP contribution in [0, 0.1) is 11.6 Å². The maximum absolute atomic E-state index is 15.0. The lowest BCUT2D eigenvalue weighted by molar-refractivity contribution is -0.144. The molecule has 42 heavy (non-hydrogen) atoms. The van der Waals surface area contributed by atoms with Gasteiger partial charge < -0.3 is 14.5 Å². The van der Waals surface area contributed by atoms with Crippen molar-refractivity contribution in [2.45, 2.75) is 25.2 Å². The Morgan fingerprint density at radius 3 is 2.64 bits per heavy atom. The number of likely N-dealkylation sites (N-methyl/N-ethyl adjacent to an activating group) is 1. The number of benzene rings is 2. The van der Waals surface area contributed by atoms with Gasteiger partial charge in [0.15, 0.2) is 5.75 Å². The minimum Gasteiger partial charge on any atom is -0.488 e. The van der Waals surface area contributed by atoms with Gasteiger partial charge in [-0.2, -0.15) is 18.2 Å². The maximum Gasteiger partial charge on any atom is 0.401 e. The highest BCUT2D eigenvalue weighted by atomic mass is 35.5. The molecule has 0 spiro atoms. The monoisotopic (exact) mass is 611 g/mol. The van der Waals surface area contributed by atoms with E-state index in [1.165, 1.54) is 29.8 Å². The predicted molar refractivity (Wildman–Crippen MR) is 148 cm³/mol. The largest absolute Gasteiger partial charge is 0.488 e. The molecule has 3 heterocycles. The van der Waals surface area contributed by atoms with E-state index in [2.05, 4.69) is 11.6 Å². The standard InChI is InChI=1S/C28H27ClF5N5O3/c1-4-22(40)37-7-8-38(15(2)11-37)26-19-10-20(29)23(18-6-5-16(30)9-21(18)31)25-24(19)39(27(41)35-26)17(13-42-25)12-36(3)14-28(32,33)34/h4-6,9-10,15,17H,1,7-8,11-14H2,2-3H3/t15-,17?/m0/s1. The fraction of sp³-hybridized carbons (Fsp3) is 0.393. The van der Waals surface area contributed by atoms with E-state index in [0.29, 0.717) is 31.1 Å². The molecule has 2 atom stereocenters. The molecule has 1 amide bonds. The van der Waals surface area contributed by atoms with E-state index in [1.54, 1.807) is 4.90 Å². The van der Waals surface area contributed by atoms with Crippen LogP contribution in [0.4, 0.5) is 27.8 Å². The Bertz CT molecular complexity index is 1630. The number of ether oxygens (including phenoxy) is 1. The minimum absolute atomic E-state index is 0.0339. The molecule has 8 nitrogen and oxygen atoms in total. The Morgan fingerprint density at radius 2 is 2.00 bits per heavy atom. The van der Waals surface area contributed by atoms with Crippen LogP contribution in [0.5, 0.6) is 5.75 Å². The molecule has 1 saturated heterocycles. The van der Waals surface area contributed by atoms with Gasteiger partial charge in [-0.15, -0.1) is 0 Å². The summed E-state index contributed by atoms with van der Waals surface area (Å²) in [5, 5.41) is 0.399. The number of hydrogen-bond donors (Lipinski definition) is 0. The van der Waals surface area contributed by atoms with Gasteiger partial charge in [-0.05, 0) is 38.2 Å². The molecule has 2 aliphatic heterocycles. The van der Waals surface area contributed by atoms with Crippen molar-refractivity contribution in [2.75, 3.05) is 51.3 Å². The molecule has 2 aromatic carbocycles. The van der Waals surface area contributed by atoms with Gasteiger partial charge in [0.1, 0.15) is 24.1 Å². The van der Waals surface area contributed by atoms with Crippen LogP contribution in [-0.2, 0) is 4.79 Å². The number of carbonyl (C=O) groups is 1. The second-order valence-corrected chi connectivity index (χ2v) is 10.9. The molecule has 2 aliphatic rings. The summed E-state index contributed by atoms with van der Waals surface area (Å²) in [7, 11) is 1.28. The molecule has 3 aromatic rings. The van der Waals surface area contributed by atoms with E-state index in [-0.39, 0.29) is 58.3 Å². The second-order valence-electron chi connectivity index (χ2n) is 10.5. The van der Waals surface area contributed by atoms with Crippen molar-refractivity contribution in [3.63, 3.8) is 0 Å². The smallest absolute Gasteiger partial charge is 0.401 e. The summed E-state index contributed by atoms with van der Waals surface area (Å²) in [6, 6.07) is 3.28. The molecule has 1 unspecified atom stereocenters. The maximum atomic E-state index is 15.0. The van der Waals surface area contributed by atoms with Crippen molar-refractivity contribution >= 4 is 34.2 Å². The van der Waals surface area contributed by atoms with Crippen LogP contribution in [-0.4, -0.2) is 83.9 Å². The van der Waals surface area contributed by atoms with Crippen molar-refractivity contribution in [3.05, 3.63) is 64.1 Å². The molecule has 5 rings (SSSR count). The number of amides is 1. The first-order valence-corrected chi connectivity index (χ1v) is 13.5. The van der Waals surface area contributed by atoms with Crippen molar-refractivity contribution in [2.24, 2.45) is 0 Å². The van der Waals surface area contributed by atoms with Crippen molar-refractivity contribution in [1.82, 2.24) is 19.4 Å². The summed E-state index contributed by atoms with van der Waals surface area (Å²) < 4.78 is 75.3. The number of hydrogen-bond acceptors (Lipinski definition) is 6. The van der Waals surface area contributed by atoms with Gasteiger partial charge in [0.2, 0.25) is 5.91 Å². The first-order valence-electron chi connectivity index (χ1n) is 13.1. The molecule has 0 aliphatic carbocycles. The Morgan fingerprint density at radius 1 is 1.26 bits per heavy atom. The fourth-order valence-electron chi connectivity index (χ4n) is 5.69. The van der Waals surface area contributed by atoms with E-state index in [0.717, 1.165) is 11.0 Å². The number of nitrogens with zero attached hydrogens (tertiary/aromatic N) is 5. The third-order valence-electron chi connectivity index (χ3n) is 7.44. The van der Waals surface area contributed by atoms with Gasteiger partial charge in [0, 0.05) is 54.8 Å². The lowest BCUT2D eigenvalue weighted by Crippen LogP contribution is -2.54. The average Bonchev–Trinajstić information content (AvgIpc) is 2.90. The van der Waals surface area contributed by atoms with Crippen LogP contribution in [0.1, 0.15) is 13.0 Å². The van der Waals surface area contributed by atoms with Crippen LogP contribution in [0.15, 0.2) is 41.7 Å². The highest BCUT2D eigenvalue weighted by Crippen LogP contribution is 2.47. The first-order chi connectivity index (χ1) is 19.8. The molecular weight excluding hydrogens is 585 g/mol. The van der Waals surface area contributed by atoms with Gasteiger partial charge in [-0.3, -0.25) is 14.3 Å². The summed E-state index contributed by atoms with van der Waals surface area (Å²) in [6.07, 6.45) is -3.24. The number of aromatic nitrogens is 2. The first kappa shape index (κ1) is 29.8. The van der Waals surface area contributed by atoms with E-state index < -0.39 is 36.1 Å². The highest BCUT2D eigenvalue weighted by molar-refractivity contribution is 6.35. The van der Waals surface area contributed by atoms with Crippen LogP contribution >= 0.6 is 11.6 Å². The summed E-state index contributed by atoms with van der Waals surface area (Å²) in [4.78, 5) is 34.7. The average molecular weight is 612 g/mol. The Hall–Kier alpha value is -3.71. The van der Waals surface area contributed by atoms with Gasteiger partial charge in [-0.1, -0.05) is 18.2 Å². The Kier molecular flexibility index (Phi) is 7.92. The Labute approximate surface area is 242 Å². The molecule has 0 radical (unpaired) electrons. The third-order valence-corrected chi connectivity index (χ3v) is 7.74. The van der Waals surface area contributed by atoms with E-state index in [9.17, 15) is 31.5 Å². The molecule has 0 bridgehead atoms. The number of rotatable bonds is 6. The van der Waals surface area contributed by atoms with Gasteiger partial charge in [0.05, 0.1) is 23.1 Å². The highest BCUT2D eigenvalue weighted by Gasteiger charge is 2.36. The van der Waals surface area contributed by atoms with Crippen molar-refractivity contribution in [1.29, 1.82) is 0 Å². The molecule has 0 saturated carbocycles. The summed E-state index contributed by atoms with van der Waals surface area (Å²) >= 11 is 6.70. The third kappa shape index (κ3) is 5.54. The lowest BCUT2D eigenvalue weighted by atomic mass is 9.99. The fourth-order valence-corrected chi connectivity index (χ4v) is 5.98. The lowest BCUT2D eigenvalue weighted by Gasteiger charge is -2.41. The Balaban J connectivity index is 1.70. The molecular formula is C28H27ClF5N5O3.